The van der Waals surface area contributed by atoms with Crippen molar-refractivity contribution in [2.45, 2.75) is 20.0 Å². The molecule has 0 amide bonds. The van der Waals surface area contributed by atoms with Crippen LogP contribution in [0.4, 0.5) is 10.2 Å². The van der Waals surface area contributed by atoms with Crippen LogP contribution in [0.1, 0.15) is 13.8 Å². The van der Waals surface area contributed by atoms with Crippen molar-refractivity contribution in [1.82, 2.24) is 10.2 Å². The zero-order valence-electron chi connectivity index (χ0n) is 9.70. The molecule has 1 aromatic carbocycles. The number of hydrogen-bond acceptors (Lipinski definition) is 3. The maximum Gasteiger partial charge on any atom is 0.165 e. The number of aromatic nitrogens is 2. The summed E-state index contributed by atoms with van der Waals surface area (Å²) in [7, 11) is 0. The molecule has 5 heteroatoms. The van der Waals surface area contributed by atoms with Gasteiger partial charge in [-0.1, -0.05) is 6.07 Å². The van der Waals surface area contributed by atoms with Crippen LogP contribution in [0.25, 0.3) is 11.1 Å². The molecule has 3 N–H and O–H groups in total. The van der Waals surface area contributed by atoms with Gasteiger partial charge in [0.05, 0.1) is 12.3 Å². The zero-order chi connectivity index (χ0) is 12.4. The molecule has 0 unspecified atom stereocenters. The highest BCUT2D eigenvalue weighted by molar-refractivity contribution is 5.73. The van der Waals surface area contributed by atoms with Crippen molar-refractivity contribution < 1.29 is 9.13 Å². The minimum atomic E-state index is -0.406. The topological polar surface area (TPSA) is 63.9 Å². The number of rotatable bonds is 3. The van der Waals surface area contributed by atoms with E-state index in [1.807, 2.05) is 13.8 Å². The van der Waals surface area contributed by atoms with Gasteiger partial charge >= 0.3 is 0 Å². The summed E-state index contributed by atoms with van der Waals surface area (Å²) in [6.45, 7) is 3.70. The third kappa shape index (κ3) is 2.38. The van der Waals surface area contributed by atoms with Gasteiger partial charge in [-0.15, -0.1) is 0 Å². The van der Waals surface area contributed by atoms with Crippen molar-refractivity contribution in [3.8, 4) is 16.9 Å². The summed E-state index contributed by atoms with van der Waals surface area (Å²) in [5, 5.41) is 6.40. The van der Waals surface area contributed by atoms with Crippen LogP contribution in [-0.2, 0) is 0 Å². The van der Waals surface area contributed by atoms with Crippen LogP contribution in [0.15, 0.2) is 24.4 Å². The van der Waals surface area contributed by atoms with Crippen LogP contribution in [0.2, 0.25) is 0 Å². The van der Waals surface area contributed by atoms with Crippen LogP contribution < -0.4 is 10.5 Å². The third-order valence-corrected chi connectivity index (χ3v) is 2.27. The molecule has 0 aliphatic rings. The van der Waals surface area contributed by atoms with Gasteiger partial charge in [-0.2, -0.15) is 5.10 Å². The molecule has 1 aromatic heterocycles. The SMILES string of the molecule is CC(C)Oc1ccc(-c2cn[nH]c2N)cc1F. The first kappa shape index (κ1) is 11.4. The predicted molar refractivity (Wildman–Crippen MR) is 64.2 cm³/mol. The number of benzene rings is 1. The van der Waals surface area contributed by atoms with Crippen molar-refractivity contribution >= 4 is 5.82 Å². The first-order valence-electron chi connectivity index (χ1n) is 5.33. The minimum Gasteiger partial charge on any atom is -0.488 e. The Labute approximate surface area is 98.6 Å². The van der Waals surface area contributed by atoms with Crippen LogP contribution in [0, 0.1) is 5.82 Å². The molecule has 0 aliphatic heterocycles. The molecule has 0 saturated heterocycles. The number of nitrogen functional groups attached to an aromatic ring is 1. The number of anilines is 1. The second-order valence-corrected chi connectivity index (χ2v) is 4.01. The maximum atomic E-state index is 13.7. The Hall–Kier alpha value is -2.04. The van der Waals surface area contributed by atoms with Crippen LogP contribution >= 0.6 is 0 Å². The summed E-state index contributed by atoms with van der Waals surface area (Å²) in [5.74, 6) is 0.254. The first-order chi connectivity index (χ1) is 8.08. The van der Waals surface area contributed by atoms with Gasteiger partial charge in [0.25, 0.3) is 0 Å². The Balaban J connectivity index is 2.34. The third-order valence-electron chi connectivity index (χ3n) is 2.27. The number of ether oxygens (including phenoxy) is 1. The van der Waals surface area contributed by atoms with Crippen molar-refractivity contribution in [3.63, 3.8) is 0 Å². The Morgan fingerprint density at radius 2 is 2.18 bits per heavy atom. The Kier molecular flexibility index (Phi) is 2.99. The zero-order valence-corrected chi connectivity index (χ0v) is 9.70. The van der Waals surface area contributed by atoms with E-state index in [1.165, 1.54) is 6.07 Å². The number of hydrogen-bond donors (Lipinski definition) is 2. The predicted octanol–water partition coefficient (Wildman–Crippen LogP) is 2.59. The summed E-state index contributed by atoms with van der Waals surface area (Å²) >= 11 is 0. The van der Waals surface area contributed by atoms with Crippen molar-refractivity contribution in [3.05, 3.63) is 30.2 Å². The van der Waals surface area contributed by atoms with Crippen molar-refractivity contribution in [2.75, 3.05) is 5.73 Å². The molecule has 2 aromatic rings. The molecule has 0 saturated carbocycles. The largest absolute Gasteiger partial charge is 0.488 e. The van der Waals surface area contributed by atoms with E-state index in [2.05, 4.69) is 10.2 Å². The molecular formula is C12H14FN3O. The van der Waals surface area contributed by atoms with Gasteiger partial charge in [0.15, 0.2) is 11.6 Å². The van der Waals surface area contributed by atoms with E-state index in [0.29, 0.717) is 16.9 Å². The van der Waals surface area contributed by atoms with Crippen LogP contribution in [0.5, 0.6) is 5.75 Å². The molecule has 2 rings (SSSR count). The van der Waals surface area contributed by atoms with Crippen molar-refractivity contribution in [2.24, 2.45) is 0 Å². The van der Waals surface area contributed by atoms with E-state index in [-0.39, 0.29) is 11.9 Å². The molecule has 90 valence electrons. The number of aromatic amines is 1. The lowest BCUT2D eigenvalue weighted by Crippen LogP contribution is -2.06. The van der Waals surface area contributed by atoms with Gasteiger partial charge in [0, 0.05) is 5.56 Å². The number of nitrogens with two attached hydrogens (primary N) is 1. The second-order valence-electron chi connectivity index (χ2n) is 4.01. The number of nitrogens with zero attached hydrogens (tertiary/aromatic N) is 1. The fourth-order valence-electron chi connectivity index (χ4n) is 1.54. The van der Waals surface area contributed by atoms with Gasteiger partial charge in [-0.05, 0) is 31.5 Å². The fourth-order valence-corrected chi connectivity index (χ4v) is 1.54. The first-order valence-corrected chi connectivity index (χ1v) is 5.33. The lowest BCUT2D eigenvalue weighted by molar-refractivity contribution is 0.231. The molecule has 0 bridgehead atoms. The Bertz CT molecular complexity index is 522. The number of nitrogens with one attached hydrogen (secondary N) is 1. The molecule has 4 nitrogen and oxygen atoms in total. The Morgan fingerprint density at radius 1 is 1.41 bits per heavy atom. The summed E-state index contributed by atoms with van der Waals surface area (Å²) < 4.78 is 19.1. The highest BCUT2D eigenvalue weighted by atomic mass is 19.1. The van der Waals surface area contributed by atoms with Gasteiger partial charge in [-0.25, -0.2) is 4.39 Å². The summed E-state index contributed by atoms with van der Waals surface area (Å²) in [6.07, 6.45) is 1.50. The van der Waals surface area contributed by atoms with Gasteiger partial charge in [-0.3, -0.25) is 5.10 Å². The molecule has 17 heavy (non-hydrogen) atoms. The quantitative estimate of drug-likeness (QED) is 0.859. The van der Waals surface area contributed by atoms with Gasteiger partial charge < -0.3 is 10.5 Å². The minimum absolute atomic E-state index is 0.0608. The maximum absolute atomic E-state index is 13.7. The normalized spacial score (nSPS) is 10.8. The summed E-state index contributed by atoms with van der Waals surface area (Å²) in [5.41, 5.74) is 7.02. The second kappa shape index (κ2) is 4.45. The molecule has 0 radical (unpaired) electrons. The highest BCUT2D eigenvalue weighted by Crippen LogP contribution is 2.28. The molecule has 0 fully saturated rings. The Morgan fingerprint density at radius 3 is 2.71 bits per heavy atom. The van der Waals surface area contributed by atoms with Gasteiger partial charge in [0.2, 0.25) is 0 Å². The number of H-pyrrole nitrogens is 1. The standard InChI is InChI=1S/C12H14FN3O/c1-7(2)17-11-4-3-8(5-10(11)13)9-6-15-16-12(9)14/h3-7H,1-2H3,(H3,14,15,16). The average molecular weight is 235 g/mol. The number of halogens is 1. The lowest BCUT2D eigenvalue weighted by Gasteiger charge is -2.11. The summed E-state index contributed by atoms with van der Waals surface area (Å²) in [4.78, 5) is 0. The monoisotopic (exact) mass is 235 g/mol. The van der Waals surface area contributed by atoms with Crippen molar-refractivity contribution in [1.29, 1.82) is 0 Å². The van der Waals surface area contributed by atoms with E-state index in [4.69, 9.17) is 10.5 Å². The molecule has 0 aliphatic carbocycles. The van der Waals surface area contributed by atoms with E-state index in [0.717, 1.165) is 0 Å². The van der Waals surface area contributed by atoms with Crippen LogP contribution in [0.3, 0.4) is 0 Å². The van der Waals surface area contributed by atoms with Crippen LogP contribution in [-0.4, -0.2) is 16.3 Å². The van der Waals surface area contributed by atoms with E-state index >= 15 is 0 Å². The average Bonchev–Trinajstić information content (AvgIpc) is 2.67. The highest BCUT2D eigenvalue weighted by Gasteiger charge is 2.10. The molecule has 1 heterocycles. The van der Waals surface area contributed by atoms with E-state index < -0.39 is 5.82 Å². The molecular weight excluding hydrogens is 221 g/mol. The molecule has 0 atom stereocenters. The molecule has 0 spiro atoms. The van der Waals surface area contributed by atoms with E-state index in [9.17, 15) is 4.39 Å². The lowest BCUT2D eigenvalue weighted by atomic mass is 10.1. The fraction of sp³-hybridized carbons (Fsp3) is 0.250. The summed E-state index contributed by atoms with van der Waals surface area (Å²) in [6, 6.07) is 4.73. The smallest absolute Gasteiger partial charge is 0.165 e. The van der Waals surface area contributed by atoms with E-state index in [1.54, 1.807) is 18.3 Å². The van der Waals surface area contributed by atoms with Gasteiger partial charge in [0.1, 0.15) is 5.82 Å².